The van der Waals surface area contributed by atoms with Crippen molar-refractivity contribution in [3.8, 4) is 6.01 Å². The molecule has 2 aromatic rings. The van der Waals surface area contributed by atoms with Crippen molar-refractivity contribution in [3.05, 3.63) is 18.0 Å². The van der Waals surface area contributed by atoms with Gasteiger partial charge in [-0.25, -0.2) is 22.7 Å². The molecule has 0 unspecified atom stereocenters. The molecule has 0 bridgehead atoms. The Bertz CT molecular complexity index is 994. The number of urea groups is 1. The number of rotatable bonds is 7. The Morgan fingerprint density at radius 3 is 2.45 bits per heavy atom. The number of esters is 1. The molecule has 2 aromatic heterocycles. The summed E-state index contributed by atoms with van der Waals surface area (Å²) in [5, 5.41) is 4.83. The Labute approximate surface area is 188 Å². The second-order valence-electron chi connectivity index (χ2n) is 5.14. The molecule has 2 amide bonds. The van der Waals surface area contributed by atoms with Gasteiger partial charge in [0.15, 0.2) is 0 Å². The summed E-state index contributed by atoms with van der Waals surface area (Å²) in [6, 6.07) is -0.0386. The first kappa shape index (κ1) is 24.6. The maximum atomic E-state index is 12.5. The van der Waals surface area contributed by atoms with Crippen LogP contribution in [0.2, 0.25) is 0 Å². The molecular weight excluding hydrogens is 417 g/mol. The van der Waals surface area contributed by atoms with Crippen molar-refractivity contribution in [3.63, 3.8) is 0 Å². The van der Waals surface area contributed by atoms with Crippen LogP contribution in [0.25, 0.3) is 0 Å². The fourth-order valence-corrected chi connectivity index (χ4v) is 3.21. The number of carbonyl (C=O) groups excluding carboxylic acids is 2. The number of sulfonamides is 1. The standard InChI is InChI=1S/C14H19N7O6S.Na.H/c1-5-27-14-18-11(15-2)16-12(19-14)17-13(23)20-28(24,25)8-6-7-21(3)9(8)10(22)26-4;;/h6-7H,5H2,1-4H3,(H3,15,16,17,18,19,20,23);;. The first-order chi connectivity index (χ1) is 13.2. The SMILES string of the molecule is CCOc1nc(NC)nc(NC(=O)NS(=O)(=O)c2ccn(C)c2C(=O)OC)n1.[NaH]. The molecule has 0 saturated carbocycles. The van der Waals surface area contributed by atoms with Gasteiger partial charge in [0, 0.05) is 20.3 Å². The van der Waals surface area contributed by atoms with E-state index in [0.29, 0.717) is 0 Å². The molecule has 154 valence electrons. The fourth-order valence-electron chi connectivity index (χ4n) is 2.09. The molecule has 0 spiro atoms. The fraction of sp³-hybridized carbons (Fsp3) is 0.357. The second kappa shape index (κ2) is 10.4. The maximum absolute atomic E-state index is 12.5. The third kappa shape index (κ3) is 6.03. The summed E-state index contributed by atoms with van der Waals surface area (Å²) >= 11 is 0. The molecule has 0 atom stereocenters. The zero-order chi connectivity index (χ0) is 20.9. The molecule has 0 radical (unpaired) electrons. The van der Waals surface area contributed by atoms with E-state index in [2.05, 4.69) is 30.3 Å². The molecule has 0 aliphatic carbocycles. The van der Waals surface area contributed by atoms with Crippen LogP contribution in [0.5, 0.6) is 6.01 Å². The van der Waals surface area contributed by atoms with Crippen LogP contribution in [0.3, 0.4) is 0 Å². The van der Waals surface area contributed by atoms with E-state index in [9.17, 15) is 18.0 Å². The van der Waals surface area contributed by atoms with E-state index in [1.165, 1.54) is 17.8 Å². The summed E-state index contributed by atoms with van der Waals surface area (Å²) in [6.07, 6.45) is 1.35. The monoisotopic (exact) mass is 437 g/mol. The van der Waals surface area contributed by atoms with Crippen molar-refractivity contribution in [2.45, 2.75) is 11.8 Å². The Kier molecular flexibility index (Phi) is 8.81. The van der Waals surface area contributed by atoms with Crippen LogP contribution >= 0.6 is 0 Å². The van der Waals surface area contributed by atoms with Gasteiger partial charge in [0.25, 0.3) is 10.0 Å². The van der Waals surface area contributed by atoms with Crippen molar-refractivity contribution in [2.75, 3.05) is 31.4 Å². The zero-order valence-electron chi connectivity index (χ0n) is 15.5. The van der Waals surface area contributed by atoms with E-state index in [0.717, 1.165) is 13.2 Å². The van der Waals surface area contributed by atoms with Crippen molar-refractivity contribution in [1.82, 2.24) is 24.2 Å². The van der Waals surface area contributed by atoms with Crippen LogP contribution in [0.15, 0.2) is 17.2 Å². The van der Waals surface area contributed by atoms with Crippen LogP contribution < -0.4 is 20.1 Å². The van der Waals surface area contributed by atoms with Crippen LogP contribution in [-0.4, -0.2) is 90.3 Å². The third-order valence-corrected chi connectivity index (χ3v) is 4.63. The summed E-state index contributed by atoms with van der Waals surface area (Å²) in [7, 11) is -0.262. The Hall–Kier alpha value is -2.42. The molecule has 2 heterocycles. The molecule has 29 heavy (non-hydrogen) atoms. The van der Waals surface area contributed by atoms with Gasteiger partial charge in [-0.1, -0.05) is 0 Å². The molecule has 13 nitrogen and oxygen atoms in total. The number of nitrogens with zero attached hydrogens (tertiary/aromatic N) is 4. The number of methoxy groups -OCH3 is 1. The van der Waals surface area contributed by atoms with Crippen LogP contribution in [0.1, 0.15) is 17.4 Å². The first-order valence-corrected chi connectivity index (χ1v) is 9.34. The number of ether oxygens (including phenoxy) is 2. The van der Waals surface area contributed by atoms with Gasteiger partial charge in [0.1, 0.15) is 10.6 Å². The number of amides is 2. The molecular formula is C14H20N7NaO6S. The van der Waals surface area contributed by atoms with Gasteiger partial charge in [-0.05, 0) is 13.0 Å². The van der Waals surface area contributed by atoms with Crippen molar-refractivity contribution in [1.29, 1.82) is 0 Å². The van der Waals surface area contributed by atoms with E-state index in [1.54, 1.807) is 18.7 Å². The van der Waals surface area contributed by atoms with Gasteiger partial charge < -0.3 is 19.4 Å². The minimum atomic E-state index is -4.38. The Morgan fingerprint density at radius 2 is 1.86 bits per heavy atom. The van der Waals surface area contributed by atoms with E-state index in [1.807, 2.05) is 0 Å². The van der Waals surface area contributed by atoms with E-state index in [-0.39, 0.29) is 59.8 Å². The van der Waals surface area contributed by atoms with E-state index in [4.69, 9.17) is 4.74 Å². The van der Waals surface area contributed by atoms with Crippen LogP contribution in [-0.2, 0) is 21.8 Å². The second-order valence-corrected chi connectivity index (χ2v) is 6.79. The molecule has 0 aromatic carbocycles. The van der Waals surface area contributed by atoms with Gasteiger partial charge in [-0.15, -0.1) is 0 Å². The number of aromatic nitrogens is 4. The van der Waals surface area contributed by atoms with Crippen molar-refractivity contribution in [2.24, 2.45) is 7.05 Å². The van der Waals surface area contributed by atoms with Gasteiger partial charge >= 0.3 is 47.6 Å². The van der Waals surface area contributed by atoms with Crippen LogP contribution in [0.4, 0.5) is 16.7 Å². The Morgan fingerprint density at radius 1 is 1.21 bits per heavy atom. The quantitative estimate of drug-likeness (QED) is 0.372. The third-order valence-electron chi connectivity index (χ3n) is 3.27. The minimum absolute atomic E-state index is 0. The average molecular weight is 437 g/mol. The number of hydrogen-bond acceptors (Lipinski definition) is 10. The predicted octanol–water partition coefficient (Wildman–Crippen LogP) is -0.701. The van der Waals surface area contributed by atoms with Crippen molar-refractivity contribution >= 4 is 63.5 Å². The number of hydrogen-bond donors (Lipinski definition) is 3. The van der Waals surface area contributed by atoms with E-state index >= 15 is 0 Å². The number of carbonyl (C=O) groups is 2. The van der Waals surface area contributed by atoms with Crippen molar-refractivity contribution < 1.29 is 27.5 Å². The summed E-state index contributed by atoms with van der Waals surface area (Å²) in [6.45, 7) is 1.99. The average Bonchev–Trinajstić information content (AvgIpc) is 3.03. The van der Waals surface area contributed by atoms with Gasteiger partial charge in [-0.2, -0.15) is 15.0 Å². The summed E-state index contributed by atoms with van der Waals surface area (Å²) in [5.74, 6) is -1.00. The topological polar surface area (TPSA) is 166 Å². The number of anilines is 2. The summed E-state index contributed by atoms with van der Waals surface area (Å²) in [4.78, 5) is 35.2. The van der Waals surface area contributed by atoms with Gasteiger partial charge in [0.2, 0.25) is 11.9 Å². The summed E-state index contributed by atoms with van der Waals surface area (Å²) in [5.41, 5.74) is -0.237. The molecule has 2 rings (SSSR count). The molecule has 3 N–H and O–H groups in total. The first-order valence-electron chi connectivity index (χ1n) is 7.85. The number of nitrogens with one attached hydrogen (secondary N) is 3. The van der Waals surface area contributed by atoms with Gasteiger partial charge in [0.05, 0.1) is 13.7 Å². The predicted molar refractivity (Wildman–Crippen MR) is 104 cm³/mol. The Balaban J connectivity index is 0.00000420. The molecule has 0 aliphatic heterocycles. The van der Waals surface area contributed by atoms with E-state index < -0.39 is 26.9 Å². The van der Waals surface area contributed by atoms with Gasteiger partial charge in [-0.3, -0.25) is 5.32 Å². The zero-order valence-corrected chi connectivity index (χ0v) is 16.3. The molecule has 0 aliphatic rings. The number of aryl methyl sites for hydroxylation is 1. The molecule has 15 heteroatoms. The molecule has 0 saturated heterocycles. The van der Waals surface area contributed by atoms with Crippen LogP contribution in [0, 0.1) is 0 Å². The summed E-state index contributed by atoms with van der Waals surface area (Å²) < 4.78 is 37.8. The normalized spacial score (nSPS) is 10.5. The molecule has 0 fully saturated rings.